The summed E-state index contributed by atoms with van der Waals surface area (Å²) in [6.45, 7) is 1.65. The number of aryl methyl sites for hydroxylation is 1. The van der Waals surface area contributed by atoms with E-state index in [1.54, 1.807) is 6.92 Å². The monoisotopic (exact) mass is 135 g/mol. The number of hydrogen-bond acceptors (Lipinski definition) is 1. The van der Waals surface area contributed by atoms with Crippen LogP contribution < -0.4 is 0 Å². The van der Waals surface area contributed by atoms with E-state index in [4.69, 9.17) is 6.42 Å². The second kappa shape index (κ2) is 2.49. The molecule has 0 amide bonds. The van der Waals surface area contributed by atoms with E-state index in [-0.39, 0.29) is 5.82 Å². The normalized spacial score (nSPS) is 8.90. The van der Waals surface area contributed by atoms with Crippen LogP contribution in [0.15, 0.2) is 12.3 Å². The highest BCUT2D eigenvalue weighted by atomic mass is 19.1. The summed E-state index contributed by atoms with van der Waals surface area (Å²) in [6.07, 6.45) is 6.16. The van der Waals surface area contributed by atoms with E-state index < -0.39 is 0 Å². The molecule has 1 nitrogen and oxygen atoms in total. The highest BCUT2D eigenvalue weighted by Crippen LogP contribution is 2.04. The first kappa shape index (κ1) is 6.76. The van der Waals surface area contributed by atoms with Gasteiger partial charge >= 0.3 is 0 Å². The lowest BCUT2D eigenvalue weighted by Gasteiger charge is -1.93. The molecule has 0 saturated carbocycles. The third-order valence-electron chi connectivity index (χ3n) is 1.19. The fourth-order valence-electron chi connectivity index (χ4n) is 0.618. The second-order valence-corrected chi connectivity index (χ2v) is 1.96. The Hall–Kier alpha value is -1.36. The summed E-state index contributed by atoms with van der Waals surface area (Å²) in [5, 5.41) is 0. The third-order valence-corrected chi connectivity index (χ3v) is 1.19. The Kier molecular flexibility index (Phi) is 1.68. The maximum Gasteiger partial charge on any atom is 0.144 e. The maximum absolute atomic E-state index is 12.5. The predicted octanol–water partition coefficient (Wildman–Crippen LogP) is 1.51. The molecule has 2 heteroatoms. The molecule has 0 radical (unpaired) electrons. The van der Waals surface area contributed by atoms with Crippen LogP contribution >= 0.6 is 0 Å². The highest BCUT2D eigenvalue weighted by molar-refractivity contribution is 5.28. The van der Waals surface area contributed by atoms with Crippen molar-refractivity contribution in [3.63, 3.8) is 0 Å². The summed E-state index contributed by atoms with van der Waals surface area (Å²) < 4.78 is 12.5. The molecule has 0 aliphatic heterocycles. The summed E-state index contributed by atoms with van der Waals surface area (Å²) in [5.41, 5.74) is 1.00. The lowest BCUT2D eigenvalue weighted by Crippen LogP contribution is -1.87. The van der Waals surface area contributed by atoms with Crippen molar-refractivity contribution >= 4 is 0 Å². The molecule has 1 aromatic rings. The number of halogens is 1. The Morgan fingerprint density at radius 1 is 1.70 bits per heavy atom. The quantitative estimate of drug-likeness (QED) is 0.491. The molecule has 0 unspecified atom stereocenters. The maximum atomic E-state index is 12.5. The van der Waals surface area contributed by atoms with Crippen LogP contribution in [0.4, 0.5) is 4.39 Å². The van der Waals surface area contributed by atoms with Crippen molar-refractivity contribution in [1.82, 2.24) is 4.98 Å². The molecule has 0 aliphatic rings. The molecule has 0 saturated heterocycles. The lowest BCUT2D eigenvalue weighted by atomic mass is 10.2. The summed E-state index contributed by atoms with van der Waals surface area (Å²) in [5.74, 6) is 2.00. The minimum absolute atomic E-state index is 0.320. The van der Waals surface area contributed by atoms with Gasteiger partial charge in [-0.2, -0.15) is 0 Å². The van der Waals surface area contributed by atoms with E-state index in [0.717, 1.165) is 6.20 Å². The Bertz CT molecular complexity index is 286. The molecule has 0 aromatic carbocycles. The number of hydrogen-bond donors (Lipinski definition) is 0. The van der Waals surface area contributed by atoms with Crippen molar-refractivity contribution < 1.29 is 4.39 Å². The molecule has 1 heterocycles. The van der Waals surface area contributed by atoms with Gasteiger partial charge in [-0.1, -0.05) is 5.92 Å². The zero-order valence-electron chi connectivity index (χ0n) is 5.56. The lowest BCUT2D eigenvalue weighted by molar-refractivity contribution is 0.611. The van der Waals surface area contributed by atoms with Crippen LogP contribution in [0.1, 0.15) is 11.3 Å². The number of terminal acetylenes is 1. The largest absolute Gasteiger partial charge is 0.245 e. The molecular formula is C8H6FN. The van der Waals surface area contributed by atoms with Gasteiger partial charge in [0.1, 0.15) is 11.5 Å². The molecule has 1 aromatic heterocycles. The molecule has 10 heavy (non-hydrogen) atoms. The minimum Gasteiger partial charge on any atom is -0.245 e. The summed E-state index contributed by atoms with van der Waals surface area (Å²) in [4.78, 5) is 3.65. The first-order valence-electron chi connectivity index (χ1n) is 2.83. The van der Waals surface area contributed by atoms with Crippen molar-refractivity contribution in [3.05, 3.63) is 29.3 Å². The van der Waals surface area contributed by atoms with E-state index in [0.29, 0.717) is 11.3 Å². The minimum atomic E-state index is -0.320. The Morgan fingerprint density at radius 3 is 2.90 bits per heavy atom. The van der Waals surface area contributed by atoms with Crippen molar-refractivity contribution in [3.8, 4) is 12.3 Å². The van der Waals surface area contributed by atoms with Gasteiger partial charge in [-0.05, 0) is 18.6 Å². The van der Waals surface area contributed by atoms with E-state index >= 15 is 0 Å². The molecule has 0 aliphatic carbocycles. The summed E-state index contributed by atoms with van der Waals surface area (Å²) in [7, 11) is 0. The zero-order chi connectivity index (χ0) is 7.56. The van der Waals surface area contributed by atoms with Gasteiger partial charge in [-0.3, -0.25) is 0 Å². The van der Waals surface area contributed by atoms with E-state index in [2.05, 4.69) is 10.9 Å². The Balaban J connectivity index is 3.20. The van der Waals surface area contributed by atoms with Crippen LogP contribution in [0.3, 0.4) is 0 Å². The van der Waals surface area contributed by atoms with Gasteiger partial charge in [0.2, 0.25) is 0 Å². The molecule has 0 fully saturated rings. The van der Waals surface area contributed by atoms with Gasteiger partial charge in [0.15, 0.2) is 0 Å². The molecule has 1 rings (SSSR count). The van der Waals surface area contributed by atoms with Gasteiger partial charge in [0.25, 0.3) is 0 Å². The van der Waals surface area contributed by atoms with Crippen molar-refractivity contribution in [2.75, 3.05) is 0 Å². The number of pyridine rings is 1. The number of nitrogens with zero attached hydrogens (tertiary/aromatic N) is 1. The van der Waals surface area contributed by atoms with Gasteiger partial charge in [-0.15, -0.1) is 6.42 Å². The average Bonchev–Trinajstić information content (AvgIpc) is 1.95. The first-order chi connectivity index (χ1) is 4.74. The smallest absolute Gasteiger partial charge is 0.144 e. The van der Waals surface area contributed by atoms with Crippen LogP contribution in [0.25, 0.3) is 0 Å². The SMILES string of the molecule is C#Cc1cc(C)c(F)cn1. The molecular weight excluding hydrogens is 129 g/mol. The molecule has 0 bridgehead atoms. The van der Waals surface area contributed by atoms with E-state index in [1.165, 1.54) is 6.07 Å². The summed E-state index contributed by atoms with van der Waals surface area (Å²) in [6, 6.07) is 1.54. The predicted molar refractivity (Wildman–Crippen MR) is 36.9 cm³/mol. The van der Waals surface area contributed by atoms with Crippen molar-refractivity contribution in [2.24, 2.45) is 0 Å². The van der Waals surface area contributed by atoms with Gasteiger partial charge in [0.05, 0.1) is 6.20 Å². The average molecular weight is 135 g/mol. The summed E-state index contributed by atoms with van der Waals surface area (Å²) >= 11 is 0. The first-order valence-corrected chi connectivity index (χ1v) is 2.83. The fraction of sp³-hybridized carbons (Fsp3) is 0.125. The van der Waals surface area contributed by atoms with Crippen LogP contribution in [0, 0.1) is 25.1 Å². The molecule has 0 spiro atoms. The Morgan fingerprint density at radius 2 is 2.40 bits per heavy atom. The van der Waals surface area contributed by atoms with Gasteiger partial charge in [-0.25, -0.2) is 9.37 Å². The van der Waals surface area contributed by atoms with Crippen LogP contribution in [0.2, 0.25) is 0 Å². The zero-order valence-corrected chi connectivity index (χ0v) is 5.56. The van der Waals surface area contributed by atoms with Crippen molar-refractivity contribution in [1.29, 1.82) is 0 Å². The number of aromatic nitrogens is 1. The third kappa shape index (κ3) is 1.14. The highest BCUT2D eigenvalue weighted by Gasteiger charge is 1.96. The fourth-order valence-corrected chi connectivity index (χ4v) is 0.618. The van der Waals surface area contributed by atoms with Crippen LogP contribution in [-0.4, -0.2) is 4.98 Å². The van der Waals surface area contributed by atoms with Gasteiger partial charge in [0, 0.05) is 0 Å². The molecule has 0 atom stereocenters. The molecule has 0 N–H and O–H groups in total. The van der Waals surface area contributed by atoms with E-state index in [1.807, 2.05) is 0 Å². The van der Waals surface area contributed by atoms with Gasteiger partial charge < -0.3 is 0 Å². The Labute approximate surface area is 58.9 Å². The molecule has 50 valence electrons. The van der Waals surface area contributed by atoms with Crippen LogP contribution in [-0.2, 0) is 0 Å². The topological polar surface area (TPSA) is 12.9 Å². The van der Waals surface area contributed by atoms with Crippen LogP contribution in [0.5, 0.6) is 0 Å². The number of rotatable bonds is 0. The van der Waals surface area contributed by atoms with Crippen molar-refractivity contribution in [2.45, 2.75) is 6.92 Å². The van der Waals surface area contributed by atoms with E-state index in [9.17, 15) is 4.39 Å². The second-order valence-electron chi connectivity index (χ2n) is 1.96. The standard InChI is InChI=1S/C8H6FN/c1-3-7-4-6(2)8(9)5-10-7/h1,4-5H,2H3.